The molecule has 0 aliphatic carbocycles. The molecule has 0 spiro atoms. The van der Waals surface area contributed by atoms with Gasteiger partial charge in [0.25, 0.3) is 5.91 Å². The largest absolute Gasteiger partial charge is 0.316 e. The Morgan fingerprint density at radius 1 is 1.36 bits per heavy atom. The molecule has 0 radical (unpaired) electrons. The summed E-state index contributed by atoms with van der Waals surface area (Å²) in [6, 6.07) is 0. The Bertz CT molecular complexity index is 176. The van der Waals surface area contributed by atoms with E-state index in [9.17, 15) is 4.79 Å². The summed E-state index contributed by atoms with van der Waals surface area (Å²) in [4.78, 5) is 17.3. The predicted molar refractivity (Wildman–Crippen MR) is 52.5 cm³/mol. The Balaban J connectivity index is 1.85. The second kappa shape index (κ2) is 4.75. The molecule has 1 N–H and O–H groups in total. The van der Waals surface area contributed by atoms with Crippen molar-refractivity contribution in [2.45, 2.75) is 25.7 Å². The van der Waals surface area contributed by atoms with Gasteiger partial charge in [-0.1, -0.05) is 0 Å². The van der Waals surface area contributed by atoms with E-state index >= 15 is 0 Å². The van der Waals surface area contributed by atoms with Crippen LogP contribution in [0.15, 0.2) is 0 Å². The highest BCUT2D eigenvalue weighted by atomic mass is 16.7. The van der Waals surface area contributed by atoms with Crippen LogP contribution in [-0.4, -0.2) is 37.2 Å². The van der Waals surface area contributed by atoms with Gasteiger partial charge in [0.2, 0.25) is 0 Å². The van der Waals surface area contributed by atoms with Gasteiger partial charge in [0.1, 0.15) is 0 Å². The lowest BCUT2D eigenvalue weighted by Crippen LogP contribution is -2.44. The second-order valence-electron chi connectivity index (χ2n) is 4.02. The summed E-state index contributed by atoms with van der Waals surface area (Å²) in [5.74, 6) is 0.318. The Kier molecular flexibility index (Phi) is 3.37. The van der Waals surface area contributed by atoms with Gasteiger partial charge < -0.3 is 5.32 Å². The van der Waals surface area contributed by atoms with E-state index in [-0.39, 0.29) is 11.8 Å². The fourth-order valence-corrected chi connectivity index (χ4v) is 2.04. The molecule has 1 atom stereocenters. The fourth-order valence-electron chi connectivity index (χ4n) is 2.04. The van der Waals surface area contributed by atoms with Crippen molar-refractivity contribution in [3.63, 3.8) is 0 Å². The SMILES string of the molecule is O=C(C1CCCNC1)N1CCCCO1. The van der Waals surface area contributed by atoms with Gasteiger partial charge in [-0.3, -0.25) is 9.63 Å². The molecule has 0 aromatic carbocycles. The predicted octanol–water partition coefficient (Wildman–Crippen LogP) is 0.540. The van der Waals surface area contributed by atoms with Crippen LogP contribution in [0.1, 0.15) is 25.7 Å². The van der Waals surface area contributed by atoms with Gasteiger partial charge >= 0.3 is 0 Å². The first-order valence-electron chi connectivity index (χ1n) is 5.53. The van der Waals surface area contributed by atoms with Crippen molar-refractivity contribution in [3.05, 3.63) is 0 Å². The van der Waals surface area contributed by atoms with E-state index in [4.69, 9.17) is 4.84 Å². The summed E-state index contributed by atoms with van der Waals surface area (Å²) in [7, 11) is 0. The smallest absolute Gasteiger partial charge is 0.250 e. The molecule has 2 saturated heterocycles. The van der Waals surface area contributed by atoms with Crippen LogP contribution in [-0.2, 0) is 9.63 Å². The molecular weight excluding hydrogens is 180 g/mol. The number of nitrogens with one attached hydrogen (secondary N) is 1. The van der Waals surface area contributed by atoms with Gasteiger partial charge in [-0.05, 0) is 32.2 Å². The lowest BCUT2D eigenvalue weighted by Gasteiger charge is -2.31. The zero-order valence-corrected chi connectivity index (χ0v) is 8.50. The van der Waals surface area contributed by atoms with Crippen LogP contribution in [0.25, 0.3) is 0 Å². The number of hydrogen-bond acceptors (Lipinski definition) is 3. The van der Waals surface area contributed by atoms with E-state index in [0.717, 1.165) is 45.3 Å². The lowest BCUT2D eigenvalue weighted by atomic mass is 9.98. The van der Waals surface area contributed by atoms with E-state index in [1.165, 1.54) is 0 Å². The molecule has 0 aromatic heterocycles. The van der Waals surface area contributed by atoms with E-state index in [0.29, 0.717) is 6.61 Å². The maximum absolute atomic E-state index is 11.9. The van der Waals surface area contributed by atoms with Gasteiger partial charge in [0.15, 0.2) is 0 Å². The number of carbonyl (C=O) groups excluding carboxylic acids is 1. The summed E-state index contributed by atoms with van der Waals surface area (Å²) in [5, 5.41) is 4.82. The minimum Gasteiger partial charge on any atom is -0.316 e. The monoisotopic (exact) mass is 198 g/mol. The first kappa shape index (κ1) is 9.93. The number of piperidine rings is 1. The van der Waals surface area contributed by atoms with Crippen molar-refractivity contribution < 1.29 is 9.63 Å². The first-order valence-corrected chi connectivity index (χ1v) is 5.53. The Morgan fingerprint density at radius 2 is 2.29 bits per heavy atom. The molecule has 2 aliphatic rings. The molecule has 0 bridgehead atoms. The molecule has 0 saturated carbocycles. The fraction of sp³-hybridized carbons (Fsp3) is 0.900. The molecule has 2 heterocycles. The van der Waals surface area contributed by atoms with Crippen LogP contribution in [0.2, 0.25) is 0 Å². The number of nitrogens with zero attached hydrogens (tertiary/aromatic N) is 1. The Morgan fingerprint density at radius 3 is 2.93 bits per heavy atom. The van der Waals surface area contributed by atoms with Crippen molar-refractivity contribution in [1.29, 1.82) is 0 Å². The standard InChI is InChI=1S/C10H18N2O2/c13-10(9-4-3-5-11-8-9)12-6-1-2-7-14-12/h9,11H,1-8H2. The summed E-state index contributed by atoms with van der Waals surface area (Å²) >= 11 is 0. The Hall–Kier alpha value is -0.610. The summed E-state index contributed by atoms with van der Waals surface area (Å²) in [6.07, 6.45) is 4.26. The Labute approximate surface area is 84.6 Å². The highest BCUT2D eigenvalue weighted by Gasteiger charge is 2.27. The highest BCUT2D eigenvalue weighted by Crippen LogP contribution is 2.16. The number of hydroxylamine groups is 2. The maximum atomic E-state index is 11.9. The third-order valence-corrected chi connectivity index (χ3v) is 2.89. The van der Waals surface area contributed by atoms with E-state index in [1.54, 1.807) is 5.06 Å². The van der Waals surface area contributed by atoms with Gasteiger partial charge in [-0.25, -0.2) is 5.06 Å². The number of carbonyl (C=O) groups is 1. The topological polar surface area (TPSA) is 41.6 Å². The molecule has 4 nitrogen and oxygen atoms in total. The summed E-state index contributed by atoms with van der Waals surface area (Å²) in [5.41, 5.74) is 0. The first-order chi connectivity index (χ1) is 6.88. The highest BCUT2D eigenvalue weighted by molar-refractivity contribution is 5.78. The minimum absolute atomic E-state index is 0.141. The van der Waals surface area contributed by atoms with Crippen LogP contribution in [0.3, 0.4) is 0 Å². The molecule has 80 valence electrons. The molecule has 2 fully saturated rings. The zero-order valence-electron chi connectivity index (χ0n) is 8.50. The van der Waals surface area contributed by atoms with Gasteiger partial charge in [0, 0.05) is 13.1 Å². The van der Waals surface area contributed by atoms with Crippen LogP contribution >= 0.6 is 0 Å². The third kappa shape index (κ3) is 2.25. The summed E-state index contributed by atoms with van der Waals surface area (Å²) in [6.45, 7) is 3.34. The quantitative estimate of drug-likeness (QED) is 0.668. The van der Waals surface area contributed by atoms with E-state index in [1.807, 2.05) is 0 Å². The van der Waals surface area contributed by atoms with Crippen molar-refractivity contribution in [1.82, 2.24) is 10.4 Å². The lowest BCUT2D eigenvalue weighted by molar-refractivity contribution is -0.201. The second-order valence-corrected chi connectivity index (χ2v) is 4.02. The van der Waals surface area contributed by atoms with Crippen LogP contribution in [0.4, 0.5) is 0 Å². The van der Waals surface area contributed by atoms with E-state index < -0.39 is 0 Å². The third-order valence-electron chi connectivity index (χ3n) is 2.89. The van der Waals surface area contributed by atoms with Crippen molar-refractivity contribution >= 4 is 5.91 Å². The van der Waals surface area contributed by atoms with Crippen molar-refractivity contribution in [3.8, 4) is 0 Å². The van der Waals surface area contributed by atoms with E-state index in [2.05, 4.69) is 5.32 Å². The summed E-state index contributed by atoms with van der Waals surface area (Å²) < 4.78 is 0. The average Bonchev–Trinajstić information content (AvgIpc) is 2.30. The van der Waals surface area contributed by atoms with Crippen LogP contribution in [0, 0.1) is 5.92 Å². The average molecular weight is 198 g/mol. The normalized spacial score (nSPS) is 28.9. The molecule has 2 rings (SSSR count). The molecular formula is C10H18N2O2. The van der Waals surface area contributed by atoms with Gasteiger partial charge in [0.05, 0.1) is 12.5 Å². The van der Waals surface area contributed by atoms with Crippen LogP contribution < -0.4 is 5.32 Å². The molecule has 0 aromatic rings. The maximum Gasteiger partial charge on any atom is 0.250 e. The number of hydrogen-bond donors (Lipinski definition) is 1. The minimum atomic E-state index is 0.141. The molecule has 2 aliphatic heterocycles. The van der Waals surface area contributed by atoms with Crippen LogP contribution in [0.5, 0.6) is 0 Å². The number of amides is 1. The van der Waals surface area contributed by atoms with Gasteiger partial charge in [-0.15, -0.1) is 0 Å². The molecule has 4 heteroatoms. The number of rotatable bonds is 1. The molecule has 1 unspecified atom stereocenters. The van der Waals surface area contributed by atoms with Crippen molar-refractivity contribution in [2.24, 2.45) is 5.92 Å². The van der Waals surface area contributed by atoms with Gasteiger partial charge in [-0.2, -0.15) is 0 Å². The molecule has 1 amide bonds. The van der Waals surface area contributed by atoms with Crippen molar-refractivity contribution in [2.75, 3.05) is 26.2 Å². The zero-order chi connectivity index (χ0) is 9.80. The molecule has 14 heavy (non-hydrogen) atoms.